The van der Waals surface area contributed by atoms with Crippen LogP contribution in [0.2, 0.25) is 5.02 Å². The van der Waals surface area contributed by atoms with E-state index < -0.39 is 4.92 Å². The predicted molar refractivity (Wildman–Crippen MR) is 114 cm³/mol. The van der Waals surface area contributed by atoms with Crippen molar-refractivity contribution in [1.82, 2.24) is 9.97 Å². The van der Waals surface area contributed by atoms with Gasteiger partial charge in [0.15, 0.2) is 5.69 Å². The van der Waals surface area contributed by atoms with Gasteiger partial charge in [-0.2, -0.15) is 0 Å². The first-order chi connectivity index (χ1) is 14.5. The first kappa shape index (κ1) is 23.3. The number of nitro groups is 1. The molecule has 0 aliphatic rings. The topological polar surface area (TPSA) is 81.0 Å². The third kappa shape index (κ3) is 5.67. The van der Waals surface area contributed by atoms with Crippen molar-refractivity contribution < 1.29 is 46.2 Å². The number of non-ortho nitro benzene ring substituents is 1. The second-order valence-electron chi connectivity index (χ2n) is 6.66. The van der Waals surface area contributed by atoms with Crippen LogP contribution in [0.15, 0.2) is 60.9 Å². The van der Waals surface area contributed by atoms with Gasteiger partial charge in [0.1, 0.15) is 18.0 Å². The number of hydrogen-bond acceptors (Lipinski definition) is 5. The number of nitrogens with one attached hydrogen (secondary N) is 1. The molecular weight excluding hydrogens is 576 g/mol. The first-order valence-electron chi connectivity index (χ1n) is 9.10. The van der Waals surface area contributed by atoms with Crippen LogP contribution in [0.3, 0.4) is 0 Å². The van der Waals surface area contributed by atoms with E-state index in [2.05, 4.69) is 21.4 Å². The molecule has 0 amide bonds. The molecule has 1 radical (unpaired) electrons. The van der Waals surface area contributed by atoms with Crippen molar-refractivity contribution in [3.63, 3.8) is 0 Å². The molecule has 9 heteroatoms. The third-order valence-electron chi connectivity index (χ3n) is 4.64. The van der Waals surface area contributed by atoms with Crippen molar-refractivity contribution in [2.24, 2.45) is 0 Å². The van der Waals surface area contributed by atoms with Gasteiger partial charge in [-0.15, -0.1) is 6.07 Å². The largest absolute Gasteiger partial charge is 0.341 e. The van der Waals surface area contributed by atoms with Crippen molar-refractivity contribution in [3.8, 4) is 0 Å². The predicted octanol–water partition coefficient (Wildman–Crippen LogP) is 5.66. The monoisotopic (exact) mass is 590 g/mol. The molecule has 0 aliphatic carbocycles. The number of fused-ring (bicyclic) bond motifs is 1. The zero-order valence-electron chi connectivity index (χ0n) is 15.9. The van der Waals surface area contributed by atoms with Gasteiger partial charge in [0.05, 0.1) is 0 Å². The van der Waals surface area contributed by atoms with Gasteiger partial charge in [-0.25, -0.2) is 9.37 Å². The molecule has 0 saturated carbocycles. The van der Waals surface area contributed by atoms with E-state index >= 15 is 0 Å². The average molecular weight is 591 g/mol. The number of aromatic nitrogens is 2. The Kier molecular flexibility index (Phi) is 7.76. The minimum Gasteiger partial charge on any atom is -0.341 e. The number of nitrogens with zero attached hydrogens (tertiary/aromatic N) is 3. The van der Waals surface area contributed by atoms with Crippen LogP contribution >= 0.6 is 11.6 Å². The molecule has 163 valence electrons. The van der Waals surface area contributed by atoms with Gasteiger partial charge >= 0.3 is 0 Å². The molecule has 0 bridgehead atoms. The maximum absolute atomic E-state index is 13.3. The summed E-state index contributed by atoms with van der Waals surface area (Å²) in [6, 6.07) is 17.4. The van der Waals surface area contributed by atoms with Crippen LogP contribution in [0.5, 0.6) is 0 Å². The molecule has 31 heavy (non-hydrogen) atoms. The third-order valence-corrected chi connectivity index (χ3v) is 4.99. The molecule has 0 saturated heterocycles. The summed E-state index contributed by atoms with van der Waals surface area (Å²) < 4.78 is 13.3. The summed E-state index contributed by atoms with van der Waals surface area (Å²) in [7, 11) is 0. The van der Waals surface area contributed by atoms with E-state index in [9.17, 15) is 14.5 Å². The first-order valence-corrected chi connectivity index (χ1v) is 9.48. The molecule has 0 spiro atoms. The number of benzene rings is 3. The standard InChI is InChI=1S/C22H15ClFN4O2.Tm/c23-20-11-17(7-6-15(20)5-4-14-2-1-3-16(24)10-14)27-22-19-12-18(28(29)30)8-9-21(19)25-13-26-22;/h1-3,6-7,9-13H,4-5H2,(H,25,26,27);/q-1;. The van der Waals surface area contributed by atoms with E-state index in [0.717, 1.165) is 11.1 Å². The summed E-state index contributed by atoms with van der Waals surface area (Å²) >= 11 is 6.44. The van der Waals surface area contributed by atoms with Gasteiger partial charge in [-0.1, -0.05) is 47.3 Å². The van der Waals surface area contributed by atoms with Crippen LogP contribution in [0.4, 0.5) is 21.6 Å². The van der Waals surface area contributed by atoms with Crippen molar-refractivity contribution in [3.05, 3.63) is 99.1 Å². The molecule has 4 aromatic rings. The molecule has 3 aromatic carbocycles. The number of nitro benzene ring substituents is 1. The van der Waals surface area contributed by atoms with Crippen LogP contribution in [0.1, 0.15) is 11.1 Å². The Balaban J connectivity index is 0.00000272. The normalized spacial score (nSPS) is 10.5. The van der Waals surface area contributed by atoms with Gasteiger partial charge in [0.25, 0.3) is 0 Å². The van der Waals surface area contributed by atoms with Gasteiger partial charge in [-0.3, -0.25) is 10.1 Å². The Morgan fingerprint density at radius 3 is 2.71 bits per heavy atom. The van der Waals surface area contributed by atoms with Crippen LogP contribution in [0.25, 0.3) is 10.9 Å². The molecule has 0 fully saturated rings. The second kappa shape index (κ2) is 10.3. The van der Waals surface area contributed by atoms with E-state index in [1.54, 1.807) is 12.1 Å². The maximum Gasteiger partial charge on any atom is 0.163 e. The Bertz CT molecular complexity index is 1260. The molecule has 0 aliphatic heterocycles. The van der Waals surface area contributed by atoms with E-state index in [1.807, 2.05) is 18.2 Å². The van der Waals surface area contributed by atoms with Gasteiger partial charge in [0, 0.05) is 52.5 Å². The summed E-state index contributed by atoms with van der Waals surface area (Å²) in [5.74, 6) is 0.175. The number of halogens is 2. The molecule has 0 atom stereocenters. The van der Waals surface area contributed by atoms with Crippen LogP contribution in [-0.2, 0) is 12.8 Å². The fourth-order valence-corrected chi connectivity index (χ4v) is 3.40. The molecule has 1 N–H and O–H groups in total. The van der Waals surface area contributed by atoms with Crippen LogP contribution < -0.4 is 5.32 Å². The Morgan fingerprint density at radius 2 is 1.97 bits per heavy atom. The van der Waals surface area contributed by atoms with E-state index in [4.69, 9.17) is 11.6 Å². The van der Waals surface area contributed by atoms with Crippen LogP contribution in [0, 0.1) is 58.9 Å². The Hall–Kier alpha value is -2.35. The van der Waals surface area contributed by atoms with Crippen molar-refractivity contribution in [1.29, 1.82) is 0 Å². The summed E-state index contributed by atoms with van der Waals surface area (Å²) in [5, 5.41) is 15.3. The van der Waals surface area contributed by atoms with E-state index in [-0.39, 0.29) is 48.4 Å². The van der Waals surface area contributed by atoms with E-state index in [0.29, 0.717) is 40.3 Å². The Labute approximate surface area is 211 Å². The number of aryl methyl sites for hydroxylation is 2. The Morgan fingerprint density at radius 1 is 1.13 bits per heavy atom. The minimum atomic E-state index is -0.513. The summed E-state index contributed by atoms with van der Waals surface area (Å²) in [6.45, 7) is 0. The fraction of sp³-hybridized carbons (Fsp3) is 0.0909. The molecular formula is C22H15ClFN4O2Tm-. The zero-order chi connectivity index (χ0) is 21.1. The van der Waals surface area contributed by atoms with Gasteiger partial charge < -0.3 is 10.3 Å². The summed E-state index contributed by atoms with van der Waals surface area (Å²) in [4.78, 5) is 18.9. The maximum atomic E-state index is 13.3. The number of rotatable bonds is 6. The quantitative estimate of drug-likeness (QED) is 0.178. The van der Waals surface area contributed by atoms with Crippen molar-refractivity contribution in [2.45, 2.75) is 12.8 Å². The molecule has 1 aromatic heterocycles. The van der Waals surface area contributed by atoms with Crippen molar-refractivity contribution in [2.75, 3.05) is 5.32 Å². The SMILES string of the molecule is O=[N+]([O-])c1[c-]cc2ncnc(Nc3ccc(CCc4cccc(F)c4)c(Cl)c3)c2c1.[Tm]. The summed E-state index contributed by atoms with van der Waals surface area (Å²) in [6.07, 6.45) is 2.71. The van der Waals surface area contributed by atoms with E-state index in [1.165, 1.54) is 30.6 Å². The fourth-order valence-electron chi connectivity index (χ4n) is 3.13. The smallest absolute Gasteiger partial charge is 0.163 e. The van der Waals surface area contributed by atoms with Gasteiger partial charge in [-0.05, 0) is 53.8 Å². The number of hydrogen-bond donors (Lipinski definition) is 1. The summed E-state index contributed by atoms with van der Waals surface area (Å²) in [5.41, 5.74) is 2.90. The number of anilines is 2. The molecule has 4 rings (SSSR count). The second-order valence-corrected chi connectivity index (χ2v) is 7.06. The van der Waals surface area contributed by atoms with Crippen LogP contribution in [-0.4, -0.2) is 14.9 Å². The molecule has 0 unspecified atom stereocenters. The molecule has 6 nitrogen and oxygen atoms in total. The van der Waals surface area contributed by atoms with Gasteiger partial charge in [0.2, 0.25) is 0 Å². The molecule has 1 heterocycles. The average Bonchev–Trinajstić information content (AvgIpc) is 2.73. The zero-order valence-corrected chi connectivity index (χ0v) is 18.4. The minimum absolute atomic E-state index is 0. The van der Waals surface area contributed by atoms with Crippen molar-refractivity contribution >= 4 is 39.7 Å².